The van der Waals surface area contributed by atoms with Crippen LogP contribution in [0.25, 0.3) is 0 Å². The van der Waals surface area contributed by atoms with Crippen molar-refractivity contribution in [2.45, 2.75) is 12.5 Å². The van der Waals surface area contributed by atoms with Gasteiger partial charge >= 0.3 is 0 Å². The van der Waals surface area contributed by atoms with Gasteiger partial charge in [0.2, 0.25) is 0 Å². The summed E-state index contributed by atoms with van der Waals surface area (Å²) in [7, 11) is 1.99. The van der Waals surface area contributed by atoms with E-state index in [0.717, 1.165) is 17.7 Å². The van der Waals surface area contributed by atoms with E-state index in [4.69, 9.17) is 5.26 Å². The summed E-state index contributed by atoms with van der Waals surface area (Å²) in [4.78, 5) is 2.11. The Morgan fingerprint density at radius 3 is 2.48 bits per heavy atom. The Balaban J connectivity index is 2.02. The molecule has 0 aromatic heterocycles. The van der Waals surface area contributed by atoms with Crippen LogP contribution in [0.1, 0.15) is 22.6 Å². The number of benzene rings is 2. The summed E-state index contributed by atoms with van der Waals surface area (Å²) in [6.07, 6.45) is 0. The summed E-state index contributed by atoms with van der Waals surface area (Å²) in [5.41, 5.74) is 2.79. The Bertz CT molecular complexity index is 665. The minimum absolute atomic E-state index is 0.143. The van der Waals surface area contributed by atoms with Crippen LogP contribution in [-0.4, -0.2) is 18.5 Å². The van der Waals surface area contributed by atoms with Gasteiger partial charge < -0.3 is 4.90 Å². The first-order chi connectivity index (χ1) is 10.2. The van der Waals surface area contributed by atoms with E-state index in [9.17, 15) is 5.26 Å². The zero-order valence-corrected chi connectivity index (χ0v) is 12.0. The highest BCUT2D eigenvalue weighted by Crippen LogP contribution is 2.17. The molecule has 0 spiro atoms. The Kier molecular flexibility index (Phi) is 5.10. The van der Waals surface area contributed by atoms with Crippen molar-refractivity contribution in [3.8, 4) is 12.1 Å². The third-order valence-electron chi connectivity index (χ3n) is 3.36. The second-order valence-electron chi connectivity index (χ2n) is 5.10. The van der Waals surface area contributed by atoms with Crippen molar-refractivity contribution in [2.75, 3.05) is 13.6 Å². The molecule has 0 amide bonds. The summed E-state index contributed by atoms with van der Waals surface area (Å²) in [5.74, 6) is -0.143. The van der Waals surface area contributed by atoms with Crippen molar-refractivity contribution in [3.63, 3.8) is 0 Å². The smallest absolute Gasteiger partial charge is 0.0991 e. The molecule has 104 valence electrons. The number of nitriles is 2. The third kappa shape index (κ3) is 4.18. The summed E-state index contributed by atoms with van der Waals surface area (Å²) >= 11 is 0. The van der Waals surface area contributed by atoms with Crippen molar-refractivity contribution in [1.29, 1.82) is 10.5 Å². The SMILES string of the molecule is CN(Cc1cccc(C#N)c1)CC(C#N)c1ccccc1. The fourth-order valence-corrected chi connectivity index (χ4v) is 2.33. The van der Waals surface area contributed by atoms with Gasteiger partial charge in [-0.2, -0.15) is 10.5 Å². The van der Waals surface area contributed by atoms with Crippen LogP contribution >= 0.6 is 0 Å². The predicted molar refractivity (Wildman–Crippen MR) is 82.3 cm³/mol. The van der Waals surface area contributed by atoms with Gasteiger partial charge in [-0.15, -0.1) is 0 Å². The Morgan fingerprint density at radius 2 is 1.81 bits per heavy atom. The zero-order valence-electron chi connectivity index (χ0n) is 12.0. The monoisotopic (exact) mass is 275 g/mol. The summed E-state index contributed by atoms with van der Waals surface area (Å²) < 4.78 is 0. The van der Waals surface area contributed by atoms with Crippen LogP contribution in [0.5, 0.6) is 0 Å². The molecule has 0 heterocycles. The average Bonchev–Trinajstić information content (AvgIpc) is 2.53. The fourth-order valence-electron chi connectivity index (χ4n) is 2.33. The molecule has 0 saturated carbocycles. The van der Waals surface area contributed by atoms with Crippen molar-refractivity contribution < 1.29 is 0 Å². The molecule has 2 aromatic rings. The predicted octanol–water partition coefficient (Wildman–Crippen LogP) is 3.30. The number of hydrogen-bond acceptors (Lipinski definition) is 3. The van der Waals surface area contributed by atoms with E-state index >= 15 is 0 Å². The Morgan fingerprint density at radius 1 is 1.05 bits per heavy atom. The molecule has 0 N–H and O–H groups in total. The zero-order chi connectivity index (χ0) is 15.1. The average molecular weight is 275 g/mol. The number of nitrogens with zero attached hydrogens (tertiary/aromatic N) is 3. The molecule has 0 fully saturated rings. The van der Waals surface area contributed by atoms with E-state index in [2.05, 4.69) is 17.0 Å². The summed E-state index contributed by atoms with van der Waals surface area (Å²) in [6.45, 7) is 1.39. The van der Waals surface area contributed by atoms with Gasteiger partial charge in [0.1, 0.15) is 0 Å². The maximum atomic E-state index is 9.36. The first-order valence-corrected chi connectivity index (χ1v) is 6.85. The molecule has 0 aliphatic rings. The molecular weight excluding hydrogens is 258 g/mol. The lowest BCUT2D eigenvalue weighted by Gasteiger charge is -2.20. The lowest BCUT2D eigenvalue weighted by Crippen LogP contribution is -2.23. The molecule has 0 radical (unpaired) electrons. The van der Waals surface area contributed by atoms with Crippen LogP contribution in [-0.2, 0) is 6.54 Å². The van der Waals surface area contributed by atoms with E-state index < -0.39 is 0 Å². The van der Waals surface area contributed by atoms with E-state index in [0.29, 0.717) is 12.1 Å². The molecule has 0 aliphatic carbocycles. The van der Waals surface area contributed by atoms with Gasteiger partial charge in [0.05, 0.1) is 23.6 Å². The van der Waals surface area contributed by atoms with Gasteiger partial charge in [0, 0.05) is 13.1 Å². The largest absolute Gasteiger partial charge is 0.300 e. The molecule has 2 aromatic carbocycles. The Hall–Kier alpha value is -2.62. The van der Waals surface area contributed by atoms with Crippen LogP contribution in [0.3, 0.4) is 0 Å². The highest BCUT2D eigenvalue weighted by atomic mass is 15.1. The first kappa shape index (κ1) is 14.8. The van der Waals surface area contributed by atoms with Gasteiger partial charge in [-0.3, -0.25) is 0 Å². The lowest BCUT2D eigenvalue weighted by atomic mass is 10.00. The van der Waals surface area contributed by atoms with Crippen molar-refractivity contribution >= 4 is 0 Å². The van der Waals surface area contributed by atoms with Crippen molar-refractivity contribution in [2.24, 2.45) is 0 Å². The molecule has 1 atom stereocenters. The molecule has 2 rings (SSSR count). The molecule has 21 heavy (non-hydrogen) atoms. The number of rotatable bonds is 5. The first-order valence-electron chi connectivity index (χ1n) is 6.85. The highest BCUT2D eigenvalue weighted by molar-refractivity contribution is 5.32. The van der Waals surface area contributed by atoms with Crippen molar-refractivity contribution in [3.05, 3.63) is 71.3 Å². The summed E-state index contributed by atoms with van der Waals surface area (Å²) in [5, 5.41) is 18.3. The molecule has 3 heteroatoms. The maximum absolute atomic E-state index is 9.36. The van der Waals surface area contributed by atoms with Crippen molar-refractivity contribution in [1.82, 2.24) is 4.90 Å². The second kappa shape index (κ2) is 7.24. The van der Waals surface area contributed by atoms with Crippen LogP contribution in [0.2, 0.25) is 0 Å². The third-order valence-corrected chi connectivity index (χ3v) is 3.36. The topological polar surface area (TPSA) is 50.8 Å². The molecule has 3 nitrogen and oxygen atoms in total. The van der Waals surface area contributed by atoms with Gasteiger partial charge in [-0.1, -0.05) is 42.5 Å². The minimum atomic E-state index is -0.143. The molecule has 1 unspecified atom stereocenters. The van der Waals surface area contributed by atoms with Crippen LogP contribution in [0.15, 0.2) is 54.6 Å². The highest BCUT2D eigenvalue weighted by Gasteiger charge is 2.13. The van der Waals surface area contributed by atoms with E-state index in [1.165, 1.54) is 0 Å². The van der Waals surface area contributed by atoms with E-state index in [1.54, 1.807) is 6.07 Å². The van der Waals surface area contributed by atoms with Crippen LogP contribution in [0, 0.1) is 22.7 Å². The van der Waals surface area contributed by atoms with E-state index in [1.807, 2.05) is 55.6 Å². The standard InChI is InChI=1S/C18H17N3/c1-21(13-16-7-5-6-15(10-16)11-19)14-18(12-20)17-8-3-2-4-9-17/h2-10,18H,13-14H2,1H3. The molecule has 0 aliphatic heterocycles. The Labute approximate surface area is 125 Å². The van der Waals surface area contributed by atoms with Crippen LogP contribution < -0.4 is 0 Å². The summed E-state index contributed by atoms with van der Waals surface area (Å²) in [6, 6.07) is 21.9. The van der Waals surface area contributed by atoms with Gasteiger partial charge in [0.15, 0.2) is 0 Å². The molecule has 0 saturated heterocycles. The normalized spacial score (nSPS) is 11.6. The van der Waals surface area contributed by atoms with Crippen LogP contribution in [0.4, 0.5) is 0 Å². The maximum Gasteiger partial charge on any atom is 0.0991 e. The van der Waals surface area contributed by atoms with Gasteiger partial charge in [-0.25, -0.2) is 0 Å². The second-order valence-corrected chi connectivity index (χ2v) is 5.10. The van der Waals surface area contributed by atoms with E-state index in [-0.39, 0.29) is 5.92 Å². The lowest BCUT2D eigenvalue weighted by molar-refractivity contribution is 0.320. The number of hydrogen-bond donors (Lipinski definition) is 0. The molecular formula is C18H17N3. The van der Waals surface area contributed by atoms with Gasteiger partial charge in [-0.05, 0) is 30.3 Å². The number of likely N-dealkylation sites (N-methyl/N-ethyl adjacent to an activating group) is 1. The van der Waals surface area contributed by atoms with Gasteiger partial charge in [0.25, 0.3) is 0 Å². The quantitative estimate of drug-likeness (QED) is 0.841. The fraction of sp³-hybridized carbons (Fsp3) is 0.222. The molecule has 0 bridgehead atoms. The minimum Gasteiger partial charge on any atom is -0.300 e.